The third kappa shape index (κ3) is 6.06. The third-order valence-electron chi connectivity index (χ3n) is 5.77. The van der Waals surface area contributed by atoms with Crippen LogP contribution < -0.4 is 10.2 Å². The van der Waals surface area contributed by atoms with Gasteiger partial charge in [0.2, 0.25) is 11.8 Å². The summed E-state index contributed by atoms with van der Waals surface area (Å²) < 4.78 is 21.9. The molecule has 9 heteroatoms. The number of fused-ring (bicyclic) bond motifs is 1. The van der Waals surface area contributed by atoms with Crippen LogP contribution in [0, 0.1) is 5.82 Å². The molecule has 3 rings (SSSR count). The van der Waals surface area contributed by atoms with Crippen molar-refractivity contribution < 1.29 is 18.7 Å². The van der Waals surface area contributed by atoms with Crippen molar-refractivity contribution in [2.75, 3.05) is 37.5 Å². The summed E-state index contributed by atoms with van der Waals surface area (Å²) in [6, 6.07) is 6.68. The summed E-state index contributed by atoms with van der Waals surface area (Å²) in [5.41, 5.74) is 1.25. The van der Waals surface area contributed by atoms with Crippen LogP contribution in [0.2, 0.25) is 0 Å². The molecular formula is C26H37FN4O3S. The lowest BCUT2D eigenvalue weighted by molar-refractivity contribution is -0.123. The van der Waals surface area contributed by atoms with Gasteiger partial charge in [0.15, 0.2) is 0 Å². The number of rotatable bonds is 7. The Labute approximate surface area is 211 Å². The van der Waals surface area contributed by atoms with Crippen molar-refractivity contribution in [1.82, 2.24) is 15.1 Å². The van der Waals surface area contributed by atoms with Crippen molar-refractivity contribution in [1.29, 1.82) is 0 Å². The van der Waals surface area contributed by atoms with Gasteiger partial charge in [-0.3, -0.25) is 14.5 Å². The number of carbonyl (C=O) groups excluding carboxylic acids is 2. The predicted octanol–water partition coefficient (Wildman–Crippen LogP) is 4.40. The van der Waals surface area contributed by atoms with Gasteiger partial charge in [-0.25, -0.2) is 9.07 Å². The lowest BCUT2D eigenvalue weighted by Crippen LogP contribution is -2.44. The smallest absolute Gasteiger partial charge is 0.240 e. The highest BCUT2D eigenvalue weighted by Gasteiger charge is 2.41. The highest BCUT2D eigenvalue weighted by atomic mass is 32.2. The van der Waals surface area contributed by atoms with Crippen LogP contribution in [0.5, 0.6) is 0 Å². The van der Waals surface area contributed by atoms with Crippen LogP contribution in [0.1, 0.15) is 70.0 Å². The van der Waals surface area contributed by atoms with Crippen LogP contribution in [0.4, 0.5) is 10.2 Å². The molecule has 1 aliphatic heterocycles. The largest absolute Gasteiger partial charge is 0.385 e. The number of nitrogens with zero attached hydrogens (tertiary/aromatic N) is 3. The van der Waals surface area contributed by atoms with E-state index in [2.05, 4.69) is 26.1 Å². The molecule has 0 saturated carbocycles. The number of carbonyl (C=O) groups is 2. The maximum Gasteiger partial charge on any atom is 0.240 e. The monoisotopic (exact) mass is 504 g/mol. The quantitative estimate of drug-likeness (QED) is 0.566. The molecule has 2 amide bonds. The maximum absolute atomic E-state index is 15.1. The lowest BCUT2D eigenvalue weighted by Gasteiger charge is -2.29. The topological polar surface area (TPSA) is 76.5 Å². The molecule has 0 bridgehead atoms. The van der Waals surface area contributed by atoms with Crippen molar-refractivity contribution in [2.45, 2.75) is 64.2 Å². The molecule has 35 heavy (non-hydrogen) atoms. The van der Waals surface area contributed by atoms with E-state index in [1.807, 2.05) is 31.5 Å². The highest BCUT2D eigenvalue weighted by Crippen LogP contribution is 2.49. The van der Waals surface area contributed by atoms with Crippen LogP contribution in [0.25, 0.3) is 0 Å². The van der Waals surface area contributed by atoms with E-state index in [4.69, 9.17) is 9.84 Å². The Balaban J connectivity index is 2.19. The number of nitrogens with one attached hydrogen (secondary N) is 1. The molecule has 0 fully saturated rings. The number of aromatic nitrogens is 2. The fourth-order valence-corrected chi connectivity index (χ4v) is 5.34. The van der Waals surface area contributed by atoms with E-state index in [9.17, 15) is 9.59 Å². The zero-order valence-corrected chi connectivity index (χ0v) is 22.6. The lowest BCUT2D eigenvalue weighted by atomic mass is 9.87. The summed E-state index contributed by atoms with van der Waals surface area (Å²) in [7, 11) is 1.61. The van der Waals surface area contributed by atoms with Crippen molar-refractivity contribution in [2.24, 2.45) is 0 Å². The molecule has 1 aromatic carbocycles. The van der Waals surface area contributed by atoms with Crippen molar-refractivity contribution in [3.05, 3.63) is 46.9 Å². The molecule has 0 aliphatic carbocycles. The number of halogens is 1. The van der Waals surface area contributed by atoms with Crippen LogP contribution in [0.15, 0.2) is 24.3 Å². The molecule has 0 spiro atoms. The number of amides is 2. The zero-order valence-electron chi connectivity index (χ0n) is 21.8. The number of ether oxygens (including phenoxy) is 1. The molecule has 1 unspecified atom stereocenters. The molecule has 2 heterocycles. The number of methoxy groups -OCH3 is 1. The molecular weight excluding hydrogens is 467 g/mol. The third-order valence-corrected chi connectivity index (χ3v) is 7.01. The van der Waals surface area contributed by atoms with E-state index >= 15 is 4.39 Å². The van der Waals surface area contributed by atoms with Crippen molar-refractivity contribution in [3.63, 3.8) is 0 Å². The van der Waals surface area contributed by atoms with E-state index in [0.29, 0.717) is 31.0 Å². The van der Waals surface area contributed by atoms with Gasteiger partial charge in [0.1, 0.15) is 18.2 Å². The van der Waals surface area contributed by atoms with Crippen LogP contribution >= 0.6 is 11.8 Å². The average molecular weight is 505 g/mol. The predicted molar refractivity (Wildman–Crippen MR) is 138 cm³/mol. The Hall–Kier alpha value is -2.39. The van der Waals surface area contributed by atoms with Crippen LogP contribution in [-0.4, -0.2) is 54.2 Å². The van der Waals surface area contributed by atoms with Gasteiger partial charge in [-0.1, -0.05) is 39.0 Å². The van der Waals surface area contributed by atoms with E-state index in [1.165, 1.54) is 22.7 Å². The second kappa shape index (κ2) is 10.7. The van der Waals surface area contributed by atoms with Gasteiger partial charge in [-0.05, 0) is 33.3 Å². The first-order chi connectivity index (χ1) is 16.4. The summed E-state index contributed by atoms with van der Waals surface area (Å²) in [6.45, 7) is 13.1. The summed E-state index contributed by atoms with van der Waals surface area (Å²) in [5, 5.41) is 7.44. The number of thioether (sulfide) groups is 1. The highest BCUT2D eigenvalue weighted by molar-refractivity contribution is 8.00. The molecule has 1 atom stereocenters. The molecule has 1 N–H and O–H groups in total. The number of benzene rings is 1. The van der Waals surface area contributed by atoms with E-state index in [-0.39, 0.29) is 35.3 Å². The number of hydrogen-bond donors (Lipinski definition) is 1. The normalized spacial score (nSPS) is 16.7. The second-order valence-electron chi connectivity index (χ2n) is 10.8. The number of anilines is 1. The van der Waals surface area contributed by atoms with Crippen LogP contribution in [-0.2, 0) is 25.3 Å². The molecule has 7 nitrogen and oxygen atoms in total. The minimum Gasteiger partial charge on any atom is -0.385 e. The van der Waals surface area contributed by atoms with Gasteiger partial charge in [0.05, 0.1) is 22.2 Å². The Bertz CT molecular complexity index is 1070. The molecule has 192 valence electrons. The summed E-state index contributed by atoms with van der Waals surface area (Å²) >= 11 is 1.38. The fourth-order valence-electron chi connectivity index (χ4n) is 4.12. The summed E-state index contributed by atoms with van der Waals surface area (Å²) in [6.07, 6.45) is 0.681. The van der Waals surface area contributed by atoms with E-state index in [1.54, 1.807) is 19.2 Å². The average Bonchev–Trinajstić information content (AvgIpc) is 3.12. The molecule has 0 saturated heterocycles. The SMILES string of the molecule is COCCCNC(=O)CN1C(=O)CSC(c2ccccc2F)c2c(C(C)(C)C)nn(C(C)(C)C)c21. The zero-order chi connectivity index (χ0) is 26.0. The Kier molecular flexibility index (Phi) is 8.32. The van der Waals surface area contributed by atoms with Gasteiger partial charge in [0, 0.05) is 36.8 Å². The molecule has 1 aliphatic rings. The molecule has 1 aromatic heterocycles. The van der Waals surface area contributed by atoms with Gasteiger partial charge in [-0.15, -0.1) is 11.8 Å². The van der Waals surface area contributed by atoms with Crippen molar-refractivity contribution in [3.8, 4) is 0 Å². The molecule has 0 radical (unpaired) electrons. The van der Waals surface area contributed by atoms with Crippen LogP contribution in [0.3, 0.4) is 0 Å². The van der Waals surface area contributed by atoms with E-state index in [0.717, 1.165) is 11.3 Å². The Morgan fingerprint density at radius 2 is 1.91 bits per heavy atom. The molecule has 2 aromatic rings. The van der Waals surface area contributed by atoms with Gasteiger partial charge in [-0.2, -0.15) is 5.10 Å². The fraction of sp³-hybridized carbons (Fsp3) is 0.577. The standard InChI is InChI=1S/C26H37FN4O3S/c1-25(2,3)23-21-22(17-11-8-9-12-18(17)27)35-16-20(33)30(15-19(32)28-13-10-14-34-7)24(21)31(29-23)26(4,5)6/h8-9,11-12,22H,10,13-16H2,1-7H3,(H,28,32). The van der Waals surface area contributed by atoms with Crippen molar-refractivity contribution >= 4 is 29.4 Å². The minimum absolute atomic E-state index is 0.123. The second-order valence-corrected chi connectivity index (χ2v) is 11.9. The first-order valence-electron chi connectivity index (χ1n) is 11.9. The first kappa shape index (κ1) is 27.2. The summed E-state index contributed by atoms with van der Waals surface area (Å²) in [4.78, 5) is 27.9. The Morgan fingerprint density at radius 3 is 2.51 bits per heavy atom. The maximum atomic E-state index is 15.1. The summed E-state index contributed by atoms with van der Waals surface area (Å²) in [5.74, 6) is -0.0891. The minimum atomic E-state index is -0.476. The van der Waals surface area contributed by atoms with Gasteiger partial charge >= 0.3 is 0 Å². The van der Waals surface area contributed by atoms with Gasteiger partial charge in [0.25, 0.3) is 0 Å². The Morgan fingerprint density at radius 1 is 1.23 bits per heavy atom. The van der Waals surface area contributed by atoms with E-state index < -0.39 is 10.8 Å². The first-order valence-corrected chi connectivity index (χ1v) is 13.0. The van der Waals surface area contributed by atoms with Gasteiger partial charge < -0.3 is 10.1 Å². The number of hydrogen-bond acceptors (Lipinski definition) is 5.